The molecule has 2 aromatic rings. The van der Waals surface area contributed by atoms with Gasteiger partial charge in [-0.05, 0) is 6.07 Å². The number of methoxy groups -OCH3 is 1. The average Bonchev–Trinajstić information content (AvgIpc) is 2.27. The average molecular weight is 225 g/mol. The van der Waals surface area contributed by atoms with Crippen molar-refractivity contribution in [2.24, 2.45) is 0 Å². The number of rotatable bonds is 2. The molecule has 0 aliphatic heterocycles. The number of benzene rings is 1. The number of ether oxygens (including phenoxy) is 1. The van der Waals surface area contributed by atoms with Gasteiger partial charge in [0.2, 0.25) is 11.2 Å². The largest absolute Gasteiger partial charge is 0.494 e. The van der Waals surface area contributed by atoms with Gasteiger partial charge in [-0.3, -0.25) is 4.98 Å². The van der Waals surface area contributed by atoms with E-state index in [2.05, 4.69) is 4.98 Å². The quantitative estimate of drug-likeness (QED) is 0.736. The van der Waals surface area contributed by atoms with Crippen LogP contribution in [0.3, 0.4) is 0 Å². The maximum atomic E-state index is 12.9. The molecule has 2 rings (SSSR count). The Bertz CT molecular complexity index is 525. The Kier molecular flexibility index (Phi) is 2.64. The molecule has 1 atom stereocenters. The predicted molar refractivity (Wildman–Crippen MR) is 55.8 cm³/mol. The van der Waals surface area contributed by atoms with Crippen LogP contribution in [-0.4, -0.2) is 16.3 Å². The van der Waals surface area contributed by atoms with E-state index in [0.29, 0.717) is 16.5 Å². The molecule has 1 heterocycles. The summed E-state index contributed by atoms with van der Waals surface area (Å²) in [6.45, 7) is 0. The van der Waals surface area contributed by atoms with Gasteiger partial charge in [0, 0.05) is 17.0 Å². The van der Waals surface area contributed by atoms with Crippen molar-refractivity contribution < 1.29 is 12.8 Å². The normalized spacial score (nSPS) is 12.7. The van der Waals surface area contributed by atoms with Gasteiger partial charge in [0.15, 0.2) is 0 Å². The van der Waals surface area contributed by atoms with Crippen LogP contribution in [0, 0.1) is 0 Å². The summed E-state index contributed by atoms with van der Waals surface area (Å²) in [6.07, 6.45) is 3.05. The van der Waals surface area contributed by atoms with Crippen molar-refractivity contribution in [2.45, 2.75) is 4.90 Å². The van der Waals surface area contributed by atoms with E-state index in [4.69, 9.17) is 4.74 Å². The molecule has 0 saturated heterocycles. The summed E-state index contributed by atoms with van der Waals surface area (Å²) in [7, 11) is 1.47. The Morgan fingerprint density at radius 2 is 2.20 bits per heavy atom. The fourth-order valence-corrected chi connectivity index (χ4v) is 2.02. The second-order valence-corrected chi connectivity index (χ2v) is 3.81. The van der Waals surface area contributed by atoms with Gasteiger partial charge in [0.05, 0.1) is 18.2 Å². The standard InChI is InChI=1S/C10H8FNO2S/c1-14-8-6-12-5-7-3-2-4-9(10(7)8)15(11)13/h2-6H,1H3. The molecule has 0 bridgehead atoms. The van der Waals surface area contributed by atoms with Gasteiger partial charge in [-0.15, -0.1) is 3.89 Å². The van der Waals surface area contributed by atoms with Crippen LogP contribution in [-0.2, 0) is 11.2 Å². The molecule has 0 amide bonds. The lowest BCUT2D eigenvalue weighted by molar-refractivity contribution is 0.417. The van der Waals surface area contributed by atoms with Gasteiger partial charge >= 0.3 is 0 Å². The molecule has 0 N–H and O–H groups in total. The van der Waals surface area contributed by atoms with Crippen molar-refractivity contribution in [2.75, 3.05) is 7.11 Å². The smallest absolute Gasteiger partial charge is 0.231 e. The summed E-state index contributed by atoms with van der Waals surface area (Å²) < 4.78 is 28.8. The lowest BCUT2D eigenvalue weighted by Crippen LogP contribution is -1.91. The summed E-state index contributed by atoms with van der Waals surface area (Å²) in [5.41, 5.74) is 0. The highest BCUT2D eigenvalue weighted by Gasteiger charge is 2.11. The molecule has 3 nitrogen and oxygen atoms in total. The summed E-state index contributed by atoms with van der Waals surface area (Å²) >= 11 is -2.52. The van der Waals surface area contributed by atoms with Crippen molar-refractivity contribution in [3.05, 3.63) is 30.6 Å². The number of halogens is 1. The Balaban J connectivity index is 2.87. The lowest BCUT2D eigenvalue weighted by Gasteiger charge is -2.06. The second-order valence-electron chi connectivity index (χ2n) is 2.92. The fraction of sp³-hybridized carbons (Fsp3) is 0.100. The number of hydrogen-bond donors (Lipinski definition) is 0. The van der Waals surface area contributed by atoms with Crippen LogP contribution < -0.4 is 4.74 Å². The zero-order chi connectivity index (χ0) is 10.8. The minimum Gasteiger partial charge on any atom is -0.494 e. The van der Waals surface area contributed by atoms with E-state index in [9.17, 15) is 8.09 Å². The number of fused-ring (bicyclic) bond motifs is 1. The van der Waals surface area contributed by atoms with Crippen LogP contribution in [0.4, 0.5) is 3.89 Å². The molecule has 0 fully saturated rings. The van der Waals surface area contributed by atoms with Gasteiger partial charge in [0.1, 0.15) is 5.75 Å². The van der Waals surface area contributed by atoms with Crippen molar-refractivity contribution in [3.8, 4) is 5.75 Å². The van der Waals surface area contributed by atoms with E-state index in [1.165, 1.54) is 19.4 Å². The lowest BCUT2D eigenvalue weighted by atomic mass is 10.2. The molecule has 0 spiro atoms. The van der Waals surface area contributed by atoms with Crippen molar-refractivity contribution in [3.63, 3.8) is 0 Å². The monoisotopic (exact) mass is 225 g/mol. The van der Waals surface area contributed by atoms with E-state index in [1.54, 1.807) is 18.3 Å². The molecular weight excluding hydrogens is 217 g/mol. The van der Waals surface area contributed by atoms with Crippen LogP contribution in [0.2, 0.25) is 0 Å². The van der Waals surface area contributed by atoms with Crippen LogP contribution in [0.15, 0.2) is 35.5 Å². The molecule has 78 valence electrons. The molecule has 5 heteroatoms. The highest BCUT2D eigenvalue weighted by Crippen LogP contribution is 2.29. The van der Waals surface area contributed by atoms with Crippen molar-refractivity contribution in [1.29, 1.82) is 0 Å². The maximum Gasteiger partial charge on any atom is 0.231 e. The van der Waals surface area contributed by atoms with Crippen LogP contribution >= 0.6 is 0 Å². The molecule has 0 saturated carbocycles. The molecule has 0 aliphatic carbocycles. The Labute approximate surface area is 88.6 Å². The molecule has 1 aromatic heterocycles. The highest BCUT2D eigenvalue weighted by molar-refractivity contribution is 7.80. The summed E-state index contributed by atoms with van der Waals surface area (Å²) in [6, 6.07) is 4.87. The number of nitrogens with zero attached hydrogens (tertiary/aromatic N) is 1. The summed E-state index contributed by atoms with van der Waals surface area (Å²) in [4.78, 5) is 4.06. The third kappa shape index (κ3) is 1.70. The first-order valence-corrected chi connectivity index (χ1v) is 5.28. The van der Waals surface area contributed by atoms with Crippen molar-refractivity contribution >= 4 is 22.0 Å². The third-order valence-corrected chi connectivity index (χ3v) is 2.79. The van der Waals surface area contributed by atoms with Gasteiger partial charge in [0.25, 0.3) is 0 Å². The van der Waals surface area contributed by atoms with Gasteiger partial charge in [-0.25, -0.2) is 4.21 Å². The molecule has 1 aromatic carbocycles. The van der Waals surface area contributed by atoms with E-state index >= 15 is 0 Å². The third-order valence-electron chi connectivity index (χ3n) is 2.10. The molecule has 15 heavy (non-hydrogen) atoms. The molecular formula is C10H8FNO2S. The number of pyridine rings is 1. The minimum atomic E-state index is -2.52. The Morgan fingerprint density at radius 1 is 1.40 bits per heavy atom. The van der Waals surface area contributed by atoms with E-state index in [-0.39, 0.29) is 4.90 Å². The SMILES string of the molecule is COc1cncc2cccc(S(=O)F)c12. The first-order valence-electron chi connectivity index (χ1n) is 4.23. The molecule has 0 radical (unpaired) electrons. The first kappa shape index (κ1) is 10.0. The highest BCUT2D eigenvalue weighted by atomic mass is 32.2. The van der Waals surface area contributed by atoms with Crippen LogP contribution in [0.5, 0.6) is 5.75 Å². The van der Waals surface area contributed by atoms with Crippen LogP contribution in [0.25, 0.3) is 10.8 Å². The fourth-order valence-electron chi connectivity index (χ4n) is 1.46. The maximum absolute atomic E-state index is 12.9. The molecule has 0 aliphatic rings. The Morgan fingerprint density at radius 3 is 2.87 bits per heavy atom. The molecule has 1 unspecified atom stereocenters. The van der Waals surface area contributed by atoms with E-state index in [1.807, 2.05) is 0 Å². The van der Waals surface area contributed by atoms with Crippen molar-refractivity contribution in [1.82, 2.24) is 4.98 Å². The second kappa shape index (κ2) is 3.94. The van der Waals surface area contributed by atoms with E-state index < -0.39 is 11.2 Å². The Hall–Kier alpha value is -1.49. The van der Waals surface area contributed by atoms with Gasteiger partial charge in [-0.1, -0.05) is 12.1 Å². The number of hydrogen-bond acceptors (Lipinski definition) is 3. The zero-order valence-electron chi connectivity index (χ0n) is 7.94. The topological polar surface area (TPSA) is 39.2 Å². The first-order chi connectivity index (χ1) is 7.24. The minimum absolute atomic E-state index is 0.117. The van der Waals surface area contributed by atoms with E-state index in [0.717, 1.165) is 0 Å². The number of aromatic nitrogens is 1. The summed E-state index contributed by atoms with van der Waals surface area (Å²) in [5, 5.41) is 1.22. The zero-order valence-corrected chi connectivity index (χ0v) is 8.75. The predicted octanol–water partition coefficient (Wildman–Crippen LogP) is 2.24. The summed E-state index contributed by atoms with van der Waals surface area (Å²) in [5.74, 6) is 0.425. The van der Waals surface area contributed by atoms with Gasteiger partial charge in [-0.2, -0.15) is 0 Å². The van der Waals surface area contributed by atoms with Crippen LogP contribution in [0.1, 0.15) is 0 Å². The van der Waals surface area contributed by atoms with Gasteiger partial charge < -0.3 is 4.74 Å².